The number of carbonyl (C=O) groups is 2. The number of rotatable bonds is 46. The maximum absolute atomic E-state index is 13.2. The average Bonchev–Trinajstić information content (AvgIpc) is 3.30. The SMILES string of the molecule is CC/C=C/C/C=C/C/C=C/C/C=C/C/C=C/C(CC(=O)NC(CO)C(O)CCCCCCCCCCCCCCCC)OC(=O)CCCCCCC/C=C/C=C/C=C/C=C/CCCCC. The Morgan fingerprint density at radius 1 is 0.492 bits per heavy atom. The van der Waals surface area contributed by atoms with Crippen LogP contribution < -0.4 is 5.32 Å². The number of nitrogens with one attached hydrogen (secondary N) is 1. The van der Waals surface area contributed by atoms with Gasteiger partial charge in [-0.1, -0.05) is 246 Å². The zero-order valence-corrected chi connectivity index (χ0v) is 42.1. The molecule has 65 heavy (non-hydrogen) atoms. The third-order valence-electron chi connectivity index (χ3n) is 11.4. The van der Waals surface area contributed by atoms with Gasteiger partial charge in [0.25, 0.3) is 0 Å². The lowest BCUT2D eigenvalue weighted by Gasteiger charge is -2.23. The van der Waals surface area contributed by atoms with Gasteiger partial charge in [-0.15, -0.1) is 0 Å². The molecule has 0 bridgehead atoms. The Morgan fingerprint density at radius 2 is 0.908 bits per heavy atom. The lowest BCUT2D eigenvalue weighted by Crippen LogP contribution is -2.46. The highest BCUT2D eigenvalue weighted by atomic mass is 16.5. The van der Waals surface area contributed by atoms with Crippen molar-refractivity contribution in [1.29, 1.82) is 0 Å². The van der Waals surface area contributed by atoms with Crippen molar-refractivity contribution in [2.24, 2.45) is 0 Å². The minimum Gasteiger partial charge on any atom is -0.458 e. The summed E-state index contributed by atoms with van der Waals surface area (Å²) in [4.78, 5) is 26.1. The summed E-state index contributed by atoms with van der Waals surface area (Å²) in [6.45, 7) is 6.29. The number of aliphatic hydroxyl groups excluding tert-OH is 2. The van der Waals surface area contributed by atoms with E-state index in [0.29, 0.717) is 19.3 Å². The Hall–Kier alpha value is -3.48. The largest absolute Gasteiger partial charge is 0.458 e. The van der Waals surface area contributed by atoms with Crippen molar-refractivity contribution >= 4 is 11.9 Å². The summed E-state index contributed by atoms with van der Waals surface area (Å²) >= 11 is 0. The molecule has 1 amide bonds. The number of unbranched alkanes of at least 4 members (excludes halogenated alkanes) is 21. The van der Waals surface area contributed by atoms with Crippen LogP contribution in [-0.4, -0.2) is 46.9 Å². The highest BCUT2D eigenvalue weighted by Crippen LogP contribution is 2.16. The molecule has 0 radical (unpaired) electrons. The van der Waals surface area contributed by atoms with Gasteiger partial charge in [-0.05, 0) is 76.7 Å². The van der Waals surface area contributed by atoms with Crippen molar-refractivity contribution in [3.8, 4) is 0 Å². The number of carbonyl (C=O) groups excluding carboxylic acids is 2. The van der Waals surface area contributed by atoms with Gasteiger partial charge in [0.1, 0.15) is 6.10 Å². The molecule has 0 aromatic rings. The zero-order chi connectivity index (χ0) is 47.4. The van der Waals surface area contributed by atoms with Crippen LogP contribution in [0.15, 0.2) is 109 Å². The molecular formula is C59H99NO5. The minimum atomic E-state index is -0.830. The smallest absolute Gasteiger partial charge is 0.306 e. The average molecular weight is 902 g/mol. The van der Waals surface area contributed by atoms with Crippen molar-refractivity contribution < 1.29 is 24.5 Å². The van der Waals surface area contributed by atoms with Gasteiger partial charge in [0.15, 0.2) is 0 Å². The van der Waals surface area contributed by atoms with Crippen LogP contribution in [0, 0.1) is 0 Å². The molecule has 0 aliphatic heterocycles. The van der Waals surface area contributed by atoms with E-state index in [4.69, 9.17) is 4.74 Å². The number of hydrogen-bond donors (Lipinski definition) is 3. The van der Waals surface area contributed by atoms with Gasteiger partial charge in [0.05, 0.1) is 25.2 Å². The molecule has 0 spiro atoms. The van der Waals surface area contributed by atoms with Crippen LogP contribution in [0.4, 0.5) is 0 Å². The van der Waals surface area contributed by atoms with Crippen LogP contribution in [0.5, 0.6) is 0 Å². The number of amides is 1. The predicted molar refractivity (Wildman–Crippen MR) is 282 cm³/mol. The molecule has 0 saturated heterocycles. The van der Waals surface area contributed by atoms with Crippen LogP contribution in [0.2, 0.25) is 0 Å². The Labute approximate surface area is 400 Å². The molecule has 0 fully saturated rings. The van der Waals surface area contributed by atoms with Crippen molar-refractivity contribution in [2.75, 3.05) is 6.61 Å². The van der Waals surface area contributed by atoms with E-state index >= 15 is 0 Å². The second kappa shape index (κ2) is 51.5. The number of esters is 1. The standard InChI is InChI=1S/C59H99NO5/c1-4-7-10-13-16-19-22-25-28-29-30-31-34-37-40-43-46-49-52-59(64)65-55(50-47-44-41-38-35-32-26-23-20-17-14-11-8-5-2)53-58(63)60-56(54-61)57(62)51-48-45-42-39-36-33-27-24-21-18-15-12-9-6-3/h8,11,16-17,19-20,22,25-26,28-32,38,41,47,50,55-57,61-62H,4-7,9-10,12-15,18,21,23-24,27,33-37,39-40,42-46,48-49,51-54H2,1-3H3,(H,60,63)/b11-8+,19-16+,20-17+,25-22+,29-28+,31-30+,32-26+,41-38+,50-47+. The first kappa shape index (κ1) is 61.5. The number of hydrogen-bond acceptors (Lipinski definition) is 5. The molecule has 0 heterocycles. The van der Waals surface area contributed by atoms with Crippen molar-refractivity contribution in [2.45, 2.75) is 244 Å². The van der Waals surface area contributed by atoms with Crippen LogP contribution in [-0.2, 0) is 14.3 Å². The topological polar surface area (TPSA) is 95.9 Å². The van der Waals surface area contributed by atoms with Gasteiger partial charge in [-0.3, -0.25) is 9.59 Å². The quantitative estimate of drug-likeness (QED) is 0.0245. The molecule has 0 aromatic carbocycles. The summed E-state index contributed by atoms with van der Waals surface area (Å²) in [6, 6.07) is -0.754. The molecule has 3 N–H and O–H groups in total. The lowest BCUT2D eigenvalue weighted by molar-refractivity contribution is -0.148. The van der Waals surface area contributed by atoms with Gasteiger partial charge in [0, 0.05) is 6.42 Å². The first-order valence-electron chi connectivity index (χ1n) is 26.7. The van der Waals surface area contributed by atoms with Crippen LogP contribution >= 0.6 is 0 Å². The minimum absolute atomic E-state index is 0.0618. The Kier molecular flexibility index (Phi) is 48.7. The predicted octanol–water partition coefficient (Wildman–Crippen LogP) is 16.3. The van der Waals surface area contributed by atoms with E-state index in [1.54, 1.807) is 6.08 Å². The highest BCUT2D eigenvalue weighted by Gasteiger charge is 2.23. The van der Waals surface area contributed by atoms with Gasteiger partial charge < -0.3 is 20.3 Å². The van der Waals surface area contributed by atoms with E-state index in [-0.39, 0.29) is 24.9 Å². The summed E-state index contributed by atoms with van der Waals surface area (Å²) in [5.74, 6) is -0.662. The third-order valence-corrected chi connectivity index (χ3v) is 11.4. The van der Waals surface area contributed by atoms with Gasteiger partial charge in [-0.2, -0.15) is 0 Å². The molecule has 3 unspecified atom stereocenters. The molecule has 0 aliphatic carbocycles. The van der Waals surface area contributed by atoms with E-state index in [9.17, 15) is 19.8 Å². The molecule has 370 valence electrons. The molecule has 0 aromatic heterocycles. The fourth-order valence-electron chi connectivity index (χ4n) is 7.40. The number of ether oxygens (including phenoxy) is 1. The van der Waals surface area contributed by atoms with Crippen LogP contribution in [0.1, 0.15) is 226 Å². The molecule has 3 atom stereocenters. The normalized spacial score (nSPS) is 14.1. The number of aliphatic hydroxyl groups is 2. The molecule has 0 saturated carbocycles. The van der Waals surface area contributed by atoms with Gasteiger partial charge >= 0.3 is 5.97 Å². The molecule has 6 nitrogen and oxygen atoms in total. The maximum atomic E-state index is 13.2. The van der Waals surface area contributed by atoms with Crippen LogP contribution in [0.3, 0.4) is 0 Å². The second-order valence-corrected chi connectivity index (χ2v) is 17.6. The van der Waals surface area contributed by atoms with Crippen LogP contribution in [0.25, 0.3) is 0 Å². The fourth-order valence-corrected chi connectivity index (χ4v) is 7.40. The Balaban J connectivity index is 4.77. The Morgan fingerprint density at radius 3 is 1.42 bits per heavy atom. The van der Waals surface area contributed by atoms with Crippen molar-refractivity contribution in [1.82, 2.24) is 5.32 Å². The fraction of sp³-hybridized carbons (Fsp3) is 0.661. The highest BCUT2D eigenvalue weighted by molar-refractivity contribution is 5.78. The lowest BCUT2D eigenvalue weighted by atomic mass is 10.0. The first-order chi connectivity index (χ1) is 32.0. The van der Waals surface area contributed by atoms with E-state index in [0.717, 1.165) is 89.9 Å². The first-order valence-corrected chi connectivity index (χ1v) is 26.7. The summed E-state index contributed by atoms with van der Waals surface area (Å²) in [5, 5.41) is 23.7. The van der Waals surface area contributed by atoms with Gasteiger partial charge in [0.2, 0.25) is 5.91 Å². The van der Waals surface area contributed by atoms with Gasteiger partial charge in [-0.25, -0.2) is 0 Å². The molecule has 0 rings (SSSR count). The summed E-state index contributed by atoms with van der Waals surface area (Å²) in [7, 11) is 0. The maximum Gasteiger partial charge on any atom is 0.306 e. The molecule has 6 heteroatoms. The van der Waals surface area contributed by atoms with E-state index in [2.05, 4.69) is 123 Å². The van der Waals surface area contributed by atoms with E-state index < -0.39 is 18.2 Å². The van der Waals surface area contributed by atoms with Crippen molar-refractivity contribution in [3.05, 3.63) is 109 Å². The van der Waals surface area contributed by atoms with E-state index in [1.807, 2.05) is 6.08 Å². The zero-order valence-electron chi connectivity index (χ0n) is 42.1. The summed E-state index contributed by atoms with van der Waals surface area (Å²) in [6.07, 6.45) is 70.3. The second-order valence-electron chi connectivity index (χ2n) is 17.6. The molecule has 0 aliphatic rings. The summed E-state index contributed by atoms with van der Waals surface area (Å²) in [5.41, 5.74) is 0. The third kappa shape index (κ3) is 46.8. The Bertz CT molecular complexity index is 1330. The molecular weight excluding hydrogens is 803 g/mol. The van der Waals surface area contributed by atoms with E-state index in [1.165, 1.54) is 89.9 Å². The number of allylic oxidation sites excluding steroid dienone is 17. The monoisotopic (exact) mass is 902 g/mol. The summed E-state index contributed by atoms with van der Waals surface area (Å²) < 4.78 is 5.82. The van der Waals surface area contributed by atoms with Crippen molar-refractivity contribution in [3.63, 3.8) is 0 Å².